The zero-order valence-corrected chi connectivity index (χ0v) is 16.5. The van der Waals surface area contributed by atoms with Crippen molar-refractivity contribution in [3.63, 3.8) is 0 Å². The quantitative estimate of drug-likeness (QED) is 0.552. The number of aryl methyl sites for hydroxylation is 2. The Hall–Kier alpha value is -1.47. The first kappa shape index (κ1) is 20.6. The van der Waals surface area contributed by atoms with Crippen LogP contribution in [0.15, 0.2) is 30.0 Å². The molecule has 0 fully saturated rings. The number of hydrogen-bond acceptors (Lipinski definition) is 4. The first-order valence-electron chi connectivity index (χ1n) is 7.96. The molecule has 0 unspecified atom stereocenters. The Bertz CT molecular complexity index is 617. The van der Waals surface area contributed by atoms with Crippen LogP contribution in [0.25, 0.3) is 0 Å². The molecule has 0 atom stereocenters. The highest BCUT2D eigenvalue weighted by molar-refractivity contribution is 7.09. The molecule has 24 heavy (non-hydrogen) atoms. The second kappa shape index (κ2) is 11.1. The largest absolute Gasteiger partial charge is 1.00 e. The van der Waals surface area contributed by atoms with Crippen LogP contribution in [0.1, 0.15) is 30.3 Å². The summed E-state index contributed by atoms with van der Waals surface area (Å²) in [5.41, 5.74) is 2.89. The Morgan fingerprint density at radius 3 is 2.75 bits per heavy atom. The monoisotopic (exact) mass is 413 g/mol. The molecular weight excluding hydrogens is 390 g/mol. The van der Waals surface area contributed by atoms with E-state index in [0.717, 1.165) is 30.8 Å². The van der Waals surface area contributed by atoms with Crippen LogP contribution in [0.4, 0.5) is 0 Å². The van der Waals surface area contributed by atoms with Crippen LogP contribution in [-0.2, 0) is 17.8 Å². The molecule has 0 aliphatic rings. The van der Waals surface area contributed by atoms with Gasteiger partial charge in [0, 0.05) is 36.4 Å². The minimum atomic E-state index is 0. The van der Waals surface area contributed by atoms with Crippen molar-refractivity contribution in [1.29, 1.82) is 0 Å². The van der Waals surface area contributed by atoms with Gasteiger partial charge in [0.15, 0.2) is 12.4 Å². The van der Waals surface area contributed by atoms with E-state index in [1.54, 1.807) is 11.3 Å². The smallest absolute Gasteiger partial charge is 0.223 e. The zero-order valence-electron chi connectivity index (χ0n) is 14.1. The van der Waals surface area contributed by atoms with Crippen molar-refractivity contribution in [3.05, 3.63) is 40.6 Å². The highest BCUT2D eigenvalue weighted by Gasteiger charge is 2.05. The zero-order chi connectivity index (χ0) is 16.5. The van der Waals surface area contributed by atoms with Gasteiger partial charge in [0.1, 0.15) is 12.3 Å². The van der Waals surface area contributed by atoms with Crippen LogP contribution >= 0.6 is 11.3 Å². The van der Waals surface area contributed by atoms with Crippen LogP contribution < -0.4 is 31.6 Å². The highest BCUT2D eigenvalue weighted by Crippen LogP contribution is 2.12. The van der Waals surface area contributed by atoms with Crippen LogP contribution in [0.3, 0.4) is 0 Å². The predicted molar refractivity (Wildman–Crippen MR) is 90.6 cm³/mol. The van der Waals surface area contributed by atoms with Gasteiger partial charge in [-0.25, -0.2) is 9.55 Å². The molecule has 2 rings (SSSR count). The summed E-state index contributed by atoms with van der Waals surface area (Å²) in [4.78, 5) is 17.2. The van der Waals surface area contributed by atoms with Crippen molar-refractivity contribution >= 4 is 17.2 Å². The molecule has 1 amide bonds. The molecule has 2 aromatic heterocycles. The molecule has 0 aromatic carbocycles. The van der Waals surface area contributed by atoms with Crippen molar-refractivity contribution in [2.75, 3.05) is 13.2 Å². The first-order valence-corrected chi connectivity index (χ1v) is 8.84. The number of amides is 1. The van der Waals surface area contributed by atoms with E-state index >= 15 is 0 Å². The lowest BCUT2D eigenvalue weighted by molar-refractivity contribution is -0.697. The average molecular weight is 414 g/mol. The number of ether oxygens (including phenoxy) is 1. The number of hydrogen-bond donors (Lipinski definition) is 1. The summed E-state index contributed by atoms with van der Waals surface area (Å²) < 4.78 is 7.71. The molecule has 0 bridgehead atoms. The number of nitrogens with zero attached hydrogens (tertiary/aromatic N) is 2. The number of pyridine rings is 1. The Morgan fingerprint density at radius 1 is 1.38 bits per heavy atom. The molecule has 2 aromatic rings. The summed E-state index contributed by atoms with van der Waals surface area (Å²) in [5, 5.41) is 2.92. The van der Waals surface area contributed by atoms with Crippen molar-refractivity contribution in [2.45, 2.75) is 39.7 Å². The predicted octanol–water partition coefficient (Wildman–Crippen LogP) is -0.719. The van der Waals surface area contributed by atoms with Gasteiger partial charge in [-0.3, -0.25) is 4.79 Å². The maximum absolute atomic E-state index is 11.8. The highest BCUT2D eigenvalue weighted by atomic mass is 79.9. The summed E-state index contributed by atoms with van der Waals surface area (Å²) in [6.07, 6.45) is 6.30. The molecule has 0 aliphatic heterocycles. The van der Waals surface area contributed by atoms with Crippen LogP contribution in [0.2, 0.25) is 0 Å². The van der Waals surface area contributed by atoms with Gasteiger partial charge in [0.25, 0.3) is 0 Å². The van der Waals surface area contributed by atoms with E-state index in [0.29, 0.717) is 19.6 Å². The third-order valence-electron chi connectivity index (χ3n) is 3.46. The van der Waals surface area contributed by atoms with E-state index in [4.69, 9.17) is 4.74 Å². The van der Waals surface area contributed by atoms with Gasteiger partial charge < -0.3 is 27.0 Å². The Kier molecular flexibility index (Phi) is 9.56. The number of rotatable bonds is 9. The number of carbonyl (C=O) groups is 1. The van der Waals surface area contributed by atoms with E-state index in [1.807, 2.05) is 37.0 Å². The van der Waals surface area contributed by atoms with Crippen molar-refractivity contribution in [2.24, 2.45) is 0 Å². The summed E-state index contributed by atoms with van der Waals surface area (Å²) in [7, 11) is 0. The molecule has 0 radical (unpaired) electrons. The maximum atomic E-state index is 11.8. The number of halogens is 1. The molecule has 5 nitrogen and oxygen atoms in total. The van der Waals surface area contributed by atoms with E-state index in [9.17, 15) is 4.79 Å². The van der Waals surface area contributed by atoms with E-state index < -0.39 is 0 Å². The summed E-state index contributed by atoms with van der Waals surface area (Å²) >= 11 is 1.63. The number of nitrogens with one attached hydrogen (secondary N) is 1. The van der Waals surface area contributed by atoms with Gasteiger partial charge >= 0.3 is 0 Å². The molecule has 0 saturated heterocycles. The third-order valence-corrected chi connectivity index (χ3v) is 4.45. The SMILES string of the molecule is CCC[n+]1ccc(OCCC(=O)NCCc2scnc2C)cc1.[Br-]. The van der Waals surface area contributed by atoms with Crippen LogP contribution in [-0.4, -0.2) is 24.0 Å². The van der Waals surface area contributed by atoms with Gasteiger partial charge in [-0.15, -0.1) is 11.3 Å². The van der Waals surface area contributed by atoms with Gasteiger partial charge in [0.2, 0.25) is 5.91 Å². The number of carbonyl (C=O) groups excluding carboxylic acids is 1. The van der Waals surface area contributed by atoms with Gasteiger partial charge in [0.05, 0.1) is 24.2 Å². The normalized spacial score (nSPS) is 10.1. The summed E-state index contributed by atoms with van der Waals surface area (Å²) in [5.74, 6) is 0.814. The summed E-state index contributed by atoms with van der Waals surface area (Å²) in [6.45, 7) is 6.17. The molecule has 7 heteroatoms. The summed E-state index contributed by atoms with van der Waals surface area (Å²) in [6, 6.07) is 3.86. The second-order valence-electron chi connectivity index (χ2n) is 5.33. The molecule has 1 N–H and O–H groups in total. The first-order chi connectivity index (χ1) is 11.2. The van der Waals surface area contributed by atoms with E-state index in [-0.39, 0.29) is 22.9 Å². The standard InChI is InChI=1S/C17H23N3O2S.BrH/c1-3-9-20-10-5-15(6-11-20)22-12-7-17(21)18-8-4-16-14(2)19-13-23-16;/h5-6,10-11,13H,3-4,7-9,12H2,1-2H3;1H. The molecule has 0 saturated carbocycles. The van der Waals surface area contributed by atoms with E-state index in [2.05, 4.69) is 21.8 Å². The minimum absolute atomic E-state index is 0. The Labute approximate surface area is 157 Å². The van der Waals surface area contributed by atoms with E-state index in [1.165, 1.54) is 4.88 Å². The van der Waals surface area contributed by atoms with Crippen molar-refractivity contribution < 1.29 is 31.1 Å². The average Bonchev–Trinajstić information content (AvgIpc) is 2.95. The molecule has 132 valence electrons. The molecular formula is C17H24BrN3O2S. The Balaban J connectivity index is 0.00000288. The maximum Gasteiger partial charge on any atom is 0.223 e. The molecule has 0 spiro atoms. The lowest BCUT2D eigenvalue weighted by Gasteiger charge is -2.07. The fraction of sp³-hybridized carbons (Fsp3) is 0.471. The topological polar surface area (TPSA) is 55.1 Å². The lowest BCUT2D eigenvalue weighted by atomic mass is 10.3. The Morgan fingerprint density at radius 2 is 2.12 bits per heavy atom. The fourth-order valence-corrected chi connectivity index (χ4v) is 2.96. The lowest BCUT2D eigenvalue weighted by Crippen LogP contribution is -3.00. The number of aromatic nitrogens is 2. The van der Waals surface area contributed by atoms with Gasteiger partial charge in [-0.05, 0) is 6.92 Å². The second-order valence-corrected chi connectivity index (χ2v) is 6.27. The fourth-order valence-electron chi connectivity index (χ4n) is 2.18. The van der Waals surface area contributed by atoms with Gasteiger partial charge in [-0.1, -0.05) is 6.92 Å². The van der Waals surface area contributed by atoms with Crippen molar-refractivity contribution in [3.8, 4) is 5.75 Å². The minimum Gasteiger partial charge on any atom is -1.00 e. The van der Waals surface area contributed by atoms with Crippen LogP contribution in [0.5, 0.6) is 5.75 Å². The third kappa shape index (κ3) is 6.97. The van der Waals surface area contributed by atoms with Gasteiger partial charge in [-0.2, -0.15) is 0 Å². The molecule has 2 heterocycles. The van der Waals surface area contributed by atoms with Crippen molar-refractivity contribution in [1.82, 2.24) is 10.3 Å². The van der Waals surface area contributed by atoms with Crippen LogP contribution in [0, 0.1) is 6.92 Å². The number of thiazole rings is 1. The molecule has 0 aliphatic carbocycles.